The molecule has 1 aromatic carbocycles. The Bertz CT molecular complexity index is 320. The van der Waals surface area contributed by atoms with Gasteiger partial charge < -0.3 is 5.73 Å². The van der Waals surface area contributed by atoms with Gasteiger partial charge in [0, 0.05) is 6.42 Å². The highest BCUT2D eigenvalue weighted by atomic mass is 16.1. The van der Waals surface area contributed by atoms with Crippen molar-refractivity contribution in [1.29, 1.82) is 0 Å². The minimum absolute atomic E-state index is 0.127. The van der Waals surface area contributed by atoms with Crippen LogP contribution in [-0.4, -0.2) is 11.8 Å². The summed E-state index contributed by atoms with van der Waals surface area (Å²) >= 11 is 0. The summed E-state index contributed by atoms with van der Waals surface area (Å²) in [5.41, 5.74) is 7.91. The van der Waals surface area contributed by atoms with Crippen LogP contribution in [0.4, 0.5) is 0 Å². The van der Waals surface area contributed by atoms with Crippen LogP contribution >= 0.6 is 0 Å². The SMILES string of the molecule is CCC(N)C(=O)Cc1ccccc1C. The molecule has 0 saturated carbocycles. The van der Waals surface area contributed by atoms with Crippen molar-refractivity contribution in [1.82, 2.24) is 0 Å². The molecule has 0 aliphatic carbocycles. The molecule has 0 saturated heterocycles. The normalized spacial score (nSPS) is 12.5. The molecule has 0 fully saturated rings. The summed E-state index contributed by atoms with van der Waals surface area (Å²) in [5, 5.41) is 0. The zero-order chi connectivity index (χ0) is 10.6. The van der Waals surface area contributed by atoms with Gasteiger partial charge in [-0.1, -0.05) is 31.2 Å². The fourth-order valence-electron chi connectivity index (χ4n) is 1.35. The van der Waals surface area contributed by atoms with E-state index in [1.165, 1.54) is 0 Å². The van der Waals surface area contributed by atoms with Crippen LogP contribution in [0.3, 0.4) is 0 Å². The monoisotopic (exact) mass is 191 g/mol. The molecule has 14 heavy (non-hydrogen) atoms. The summed E-state index contributed by atoms with van der Waals surface area (Å²) in [7, 11) is 0. The van der Waals surface area contributed by atoms with Gasteiger partial charge in [0.2, 0.25) is 0 Å². The third kappa shape index (κ3) is 2.67. The van der Waals surface area contributed by atoms with Crippen LogP contribution in [0.1, 0.15) is 24.5 Å². The lowest BCUT2D eigenvalue weighted by Gasteiger charge is -2.09. The van der Waals surface area contributed by atoms with E-state index in [1.54, 1.807) is 0 Å². The van der Waals surface area contributed by atoms with E-state index in [2.05, 4.69) is 0 Å². The van der Waals surface area contributed by atoms with E-state index in [-0.39, 0.29) is 11.8 Å². The fraction of sp³-hybridized carbons (Fsp3) is 0.417. The van der Waals surface area contributed by atoms with E-state index in [0.717, 1.165) is 11.1 Å². The van der Waals surface area contributed by atoms with Gasteiger partial charge in [0.05, 0.1) is 6.04 Å². The van der Waals surface area contributed by atoms with E-state index in [4.69, 9.17) is 5.73 Å². The number of hydrogen-bond donors (Lipinski definition) is 1. The molecule has 2 N–H and O–H groups in total. The molecule has 2 nitrogen and oxygen atoms in total. The molecule has 0 aliphatic rings. The average molecular weight is 191 g/mol. The smallest absolute Gasteiger partial charge is 0.153 e. The number of carbonyl (C=O) groups excluding carboxylic acids is 1. The number of rotatable bonds is 4. The van der Waals surface area contributed by atoms with Gasteiger partial charge in [0.25, 0.3) is 0 Å². The van der Waals surface area contributed by atoms with E-state index in [9.17, 15) is 4.79 Å². The Morgan fingerprint density at radius 1 is 1.43 bits per heavy atom. The van der Waals surface area contributed by atoms with Crippen molar-refractivity contribution in [2.45, 2.75) is 32.7 Å². The molecule has 0 aliphatic heterocycles. The molecule has 1 aromatic rings. The van der Waals surface area contributed by atoms with Gasteiger partial charge in [-0.15, -0.1) is 0 Å². The van der Waals surface area contributed by atoms with Gasteiger partial charge in [-0.2, -0.15) is 0 Å². The highest BCUT2D eigenvalue weighted by Gasteiger charge is 2.12. The average Bonchev–Trinajstić information content (AvgIpc) is 2.20. The van der Waals surface area contributed by atoms with Gasteiger partial charge in [0.1, 0.15) is 0 Å². The van der Waals surface area contributed by atoms with Crippen LogP contribution in [-0.2, 0) is 11.2 Å². The van der Waals surface area contributed by atoms with E-state index in [1.807, 2.05) is 38.1 Å². The molecular formula is C12H17NO. The number of carbonyl (C=O) groups is 1. The summed E-state index contributed by atoms with van der Waals surface area (Å²) in [4.78, 5) is 11.6. The van der Waals surface area contributed by atoms with Crippen molar-refractivity contribution < 1.29 is 4.79 Å². The second-order valence-electron chi connectivity index (χ2n) is 3.58. The molecule has 0 bridgehead atoms. The van der Waals surface area contributed by atoms with Crippen LogP contribution in [0.15, 0.2) is 24.3 Å². The molecule has 2 heteroatoms. The standard InChI is InChI=1S/C12H17NO/c1-3-11(13)12(14)8-10-7-5-4-6-9(10)2/h4-7,11H,3,8,13H2,1-2H3. The Morgan fingerprint density at radius 2 is 2.07 bits per heavy atom. The lowest BCUT2D eigenvalue weighted by molar-refractivity contribution is -0.119. The predicted octanol–water partition coefficient (Wildman–Crippen LogP) is 1.84. The lowest BCUT2D eigenvalue weighted by atomic mass is 9.99. The third-order valence-electron chi connectivity index (χ3n) is 2.48. The topological polar surface area (TPSA) is 43.1 Å². The summed E-state index contributed by atoms with van der Waals surface area (Å²) in [6, 6.07) is 7.61. The van der Waals surface area contributed by atoms with Gasteiger partial charge >= 0.3 is 0 Å². The van der Waals surface area contributed by atoms with Gasteiger partial charge in [-0.3, -0.25) is 4.79 Å². The molecule has 0 amide bonds. The molecule has 76 valence electrons. The summed E-state index contributed by atoms with van der Waals surface area (Å²) in [5.74, 6) is 0.127. The van der Waals surface area contributed by atoms with Crippen LogP contribution in [0.25, 0.3) is 0 Å². The van der Waals surface area contributed by atoms with Crippen molar-refractivity contribution >= 4 is 5.78 Å². The van der Waals surface area contributed by atoms with Crippen LogP contribution in [0, 0.1) is 6.92 Å². The summed E-state index contributed by atoms with van der Waals surface area (Å²) < 4.78 is 0. The molecule has 1 rings (SSSR count). The Hall–Kier alpha value is -1.15. The first-order chi connectivity index (χ1) is 6.65. The fourth-order valence-corrected chi connectivity index (χ4v) is 1.35. The Kier molecular flexibility index (Phi) is 3.84. The first kappa shape index (κ1) is 10.9. The lowest BCUT2D eigenvalue weighted by Crippen LogP contribution is -2.30. The van der Waals surface area contributed by atoms with Crippen molar-refractivity contribution in [3.05, 3.63) is 35.4 Å². The molecule has 0 heterocycles. The Morgan fingerprint density at radius 3 is 2.64 bits per heavy atom. The highest BCUT2D eigenvalue weighted by Crippen LogP contribution is 2.09. The van der Waals surface area contributed by atoms with E-state index >= 15 is 0 Å². The van der Waals surface area contributed by atoms with Crippen LogP contribution in [0.2, 0.25) is 0 Å². The first-order valence-corrected chi connectivity index (χ1v) is 4.98. The largest absolute Gasteiger partial charge is 0.322 e. The van der Waals surface area contributed by atoms with Gasteiger partial charge in [0.15, 0.2) is 5.78 Å². The first-order valence-electron chi connectivity index (χ1n) is 4.98. The Labute approximate surface area is 85.1 Å². The quantitative estimate of drug-likeness (QED) is 0.789. The van der Waals surface area contributed by atoms with Crippen molar-refractivity contribution in [3.63, 3.8) is 0 Å². The third-order valence-corrected chi connectivity index (χ3v) is 2.48. The van der Waals surface area contributed by atoms with Crippen molar-refractivity contribution in [2.24, 2.45) is 5.73 Å². The zero-order valence-electron chi connectivity index (χ0n) is 8.79. The maximum Gasteiger partial charge on any atom is 0.153 e. The molecular weight excluding hydrogens is 174 g/mol. The van der Waals surface area contributed by atoms with Crippen molar-refractivity contribution in [2.75, 3.05) is 0 Å². The van der Waals surface area contributed by atoms with Crippen molar-refractivity contribution in [3.8, 4) is 0 Å². The highest BCUT2D eigenvalue weighted by molar-refractivity contribution is 5.86. The predicted molar refractivity (Wildman–Crippen MR) is 58.2 cm³/mol. The summed E-state index contributed by atoms with van der Waals surface area (Å²) in [6.07, 6.45) is 1.17. The minimum atomic E-state index is -0.311. The maximum atomic E-state index is 11.6. The number of aryl methyl sites for hydroxylation is 1. The number of benzene rings is 1. The van der Waals surface area contributed by atoms with E-state index in [0.29, 0.717) is 12.8 Å². The maximum absolute atomic E-state index is 11.6. The minimum Gasteiger partial charge on any atom is -0.322 e. The second kappa shape index (κ2) is 4.91. The second-order valence-corrected chi connectivity index (χ2v) is 3.58. The van der Waals surface area contributed by atoms with E-state index < -0.39 is 0 Å². The Balaban J connectivity index is 2.70. The summed E-state index contributed by atoms with van der Waals surface area (Å²) in [6.45, 7) is 3.94. The number of ketones is 1. The van der Waals surface area contributed by atoms with Crippen LogP contribution in [0.5, 0.6) is 0 Å². The molecule has 1 atom stereocenters. The molecule has 1 unspecified atom stereocenters. The molecule has 0 aromatic heterocycles. The van der Waals surface area contributed by atoms with Gasteiger partial charge in [-0.25, -0.2) is 0 Å². The van der Waals surface area contributed by atoms with Gasteiger partial charge in [-0.05, 0) is 24.5 Å². The molecule has 0 radical (unpaired) electrons. The molecule has 0 spiro atoms. The zero-order valence-corrected chi connectivity index (χ0v) is 8.79. The number of hydrogen-bond acceptors (Lipinski definition) is 2. The van der Waals surface area contributed by atoms with Crippen LogP contribution < -0.4 is 5.73 Å². The number of nitrogens with two attached hydrogens (primary N) is 1. The number of Topliss-reactive ketones (excluding diaryl/α,β-unsaturated/α-hetero) is 1.